The highest BCUT2D eigenvalue weighted by molar-refractivity contribution is 7.10. The van der Waals surface area contributed by atoms with Gasteiger partial charge in [-0.25, -0.2) is 0 Å². The van der Waals surface area contributed by atoms with Crippen LogP contribution in [0.5, 0.6) is 11.5 Å². The molecule has 2 amide bonds. The molecule has 10 nitrogen and oxygen atoms in total. The summed E-state index contributed by atoms with van der Waals surface area (Å²) in [4.78, 5) is 34.2. The topological polar surface area (TPSA) is 121 Å². The molecule has 4 heterocycles. The molecule has 0 saturated carbocycles. The monoisotopic (exact) mass is 823 g/mol. The van der Waals surface area contributed by atoms with Gasteiger partial charge in [-0.05, 0) is 57.2 Å². The van der Waals surface area contributed by atoms with Crippen molar-refractivity contribution in [2.75, 3.05) is 26.7 Å². The summed E-state index contributed by atoms with van der Waals surface area (Å²) in [6.07, 6.45) is -6.60. The second-order valence-electron chi connectivity index (χ2n) is 14.3. The molecule has 57 heavy (non-hydrogen) atoms. The fourth-order valence-electron chi connectivity index (χ4n) is 7.56. The van der Waals surface area contributed by atoms with Crippen LogP contribution >= 0.6 is 11.3 Å². The first kappa shape index (κ1) is 43.5. The fourth-order valence-corrected chi connectivity index (χ4v) is 8.24. The normalized spacial score (nSPS) is 18.6. The zero-order valence-corrected chi connectivity index (χ0v) is 33.2. The van der Waals surface area contributed by atoms with Gasteiger partial charge in [0, 0.05) is 68.1 Å². The van der Waals surface area contributed by atoms with Gasteiger partial charge in [0.25, 0.3) is 11.8 Å². The number of aryl methyl sites for hydroxylation is 2. The SMILES string of the molecule is CCC[C@H]1N(C(=O)c2cnccc2C(F)(F)F)CCC[C@@]1(Oc1csc(C(F)(F)F)c1)C(=O)N(C)CCC(O)(CC)c1ccccc1OCCc1c(C)n[nH]c1C. The van der Waals surface area contributed by atoms with Gasteiger partial charge in [0.05, 0.1) is 35.1 Å². The summed E-state index contributed by atoms with van der Waals surface area (Å²) in [6.45, 7) is 7.55. The number of nitrogens with zero attached hydrogens (tertiary/aromatic N) is 4. The van der Waals surface area contributed by atoms with Gasteiger partial charge in [-0.3, -0.25) is 19.7 Å². The average molecular weight is 824 g/mol. The van der Waals surface area contributed by atoms with Gasteiger partial charge < -0.3 is 24.4 Å². The Labute approximate surface area is 331 Å². The number of hydrogen-bond donors (Lipinski definition) is 2. The summed E-state index contributed by atoms with van der Waals surface area (Å²) < 4.78 is 95.9. The summed E-state index contributed by atoms with van der Waals surface area (Å²) in [5.41, 5.74) is -2.12. The maximum Gasteiger partial charge on any atom is 0.425 e. The lowest BCUT2D eigenvalue weighted by Gasteiger charge is -2.49. The number of aromatic nitrogens is 3. The van der Waals surface area contributed by atoms with E-state index in [0.717, 1.165) is 45.7 Å². The molecule has 1 saturated heterocycles. The number of para-hydroxylation sites is 1. The van der Waals surface area contributed by atoms with Crippen LogP contribution in [0.1, 0.15) is 95.7 Å². The van der Waals surface area contributed by atoms with Crippen LogP contribution in [-0.2, 0) is 29.2 Å². The van der Waals surface area contributed by atoms with E-state index < -0.39 is 57.4 Å². The van der Waals surface area contributed by atoms with Crippen molar-refractivity contribution in [1.29, 1.82) is 0 Å². The first-order chi connectivity index (χ1) is 26.9. The smallest absolute Gasteiger partial charge is 0.425 e. The Kier molecular flexibility index (Phi) is 13.3. The number of hydrogen-bond acceptors (Lipinski definition) is 8. The van der Waals surface area contributed by atoms with Crippen LogP contribution in [-0.4, -0.2) is 80.3 Å². The first-order valence-corrected chi connectivity index (χ1v) is 19.6. The van der Waals surface area contributed by atoms with Crippen molar-refractivity contribution < 1.29 is 50.5 Å². The number of ether oxygens (including phenoxy) is 2. The van der Waals surface area contributed by atoms with Crippen LogP contribution < -0.4 is 9.47 Å². The van der Waals surface area contributed by atoms with Crippen LogP contribution in [0.25, 0.3) is 0 Å². The van der Waals surface area contributed by atoms with E-state index in [9.17, 15) is 41.0 Å². The molecular formula is C40H47F6N5O5S. The lowest BCUT2D eigenvalue weighted by atomic mass is 9.79. The third-order valence-corrected chi connectivity index (χ3v) is 11.6. The molecular weight excluding hydrogens is 777 g/mol. The van der Waals surface area contributed by atoms with Gasteiger partial charge in [0.15, 0.2) is 0 Å². The van der Waals surface area contributed by atoms with E-state index in [4.69, 9.17) is 9.47 Å². The van der Waals surface area contributed by atoms with Crippen molar-refractivity contribution >= 4 is 23.2 Å². The molecule has 1 aliphatic heterocycles. The molecule has 1 aliphatic rings. The number of alkyl halides is 6. The van der Waals surface area contributed by atoms with Gasteiger partial charge in [0.2, 0.25) is 5.60 Å². The number of aliphatic hydroxyl groups is 1. The van der Waals surface area contributed by atoms with E-state index in [1.807, 2.05) is 13.8 Å². The van der Waals surface area contributed by atoms with Gasteiger partial charge >= 0.3 is 12.4 Å². The third-order valence-electron chi connectivity index (χ3n) is 10.6. The predicted octanol–water partition coefficient (Wildman–Crippen LogP) is 8.51. The van der Waals surface area contributed by atoms with Crippen molar-refractivity contribution in [2.45, 2.75) is 102 Å². The van der Waals surface area contributed by atoms with E-state index in [-0.39, 0.29) is 50.9 Å². The largest absolute Gasteiger partial charge is 0.493 e. The standard InChI is InChI=1S/C40H47F6N5O5S/c1-6-11-33-38(56-27-22-34(57-24-27)40(44,45)46,16-10-19-51(33)35(52)29-23-47-18-14-30(29)39(41,42)43)36(53)50(5)20-17-37(54,7-2)31-12-8-9-13-32(31)55-21-15-28-25(3)48-49-26(28)4/h8-9,12-14,18,22-24,33,54H,6-7,10-11,15-17,19-21H2,1-5H3,(H,48,49)/t33-,37?,38+/m1/s1. The van der Waals surface area contributed by atoms with Gasteiger partial charge in [-0.15, -0.1) is 11.3 Å². The van der Waals surface area contributed by atoms with Gasteiger partial charge in [0.1, 0.15) is 16.4 Å². The zero-order chi connectivity index (χ0) is 41.8. The highest BCUT2D eigenvalue weighted by Crippen LogP contribution is 2.43. The highest BCUT2D eigenvalue weighted by Gasteiger charge is 2.55. The number of thiophene rings is 1. The minimum absolute atomic E-state index is 0.00449. The number of likely N-dealkylation sites (tertiary alicyclic amines) is 1. The number of pyridine rings is 1. The lowest BCUT2D eigenvalue weighted by Crippen LogP contribution is -2.67. The number of piperidine rings is 1. The maximum absolute atomic E-state index is 14.9. The molecule has 1 unspecified atom stereocenters. The number of amides is 2. The van der Waals surface area contributed by atoms with Gasteiger partial charge in [-0.2, -0.15) is 31.4 Å². The Bertz CT molecular complexity index is 2000. The molecule has 1 fully saturated rings. The zero-order valence-electron chi connectivity index (χ0n) is 32.4. The molecule has 310 valence electrons. The Morgan fingerprint density at radius 1 is 1.09 bits per heavy atom. The van der Waals surface area contributed by atoms with E-state index in [2.05, 4.69) is 15.2 Å². The second-order valence-corrected chi connectivity index (χ2v) is 15.2. The van der Waals surface area contributed by atoms with Crippen molar-refractivity contribution in [2.24, 2.45) is 0 Å². The number of carbonyl (C=O) groups is 2. The molecule has 4 aromatic rings. The number of benzene rings is 1. The molecule has 3 aromatic heterocycles. The Morgan fingerprint density at radius 2 is 1.82 bits per heavy atom. The minimum atomic E-state index is -4.89. The number of halogens is 6. The molecule has 0 radical (unpaired) electrons. The van der Waals surface area contributed by atoms with Crippen molar-refractivity contribution in [3.63, 3.8) is 0 Å². The number of rotatable bonds is 15. The van der Waals surface area contributed by atoms with Gasteiger partial charge in [-0.1, -0.05) is 38.5 Å². The molecule has 0 bridgehead atoms. The molecule has 1 aromatic carbocycles. The van der Waals surface area contributed by atoms with E-state index in [0.29, 0.717) is 48.2 Å². The van der Waals surface area contributed by atoms with E-state index in [1.165, 1.54) is 11.9 Å². The number of H-pyrrole nitrogens is 1. The number of nitrogens with one attached hydrogen (secondary N) is 1. The van der Waals surface area contributed by atoms with Crippen molar-refractivity contribution in [1.82, 2.24) is 25.0 Å². The summed E-state index contributed by atoms with van der Waals surface area (Å²) in [6, 6.07) is 7.30. The number of aromatic amines is 1. The van der Waals surface area contributed by atoms with Crippen LogP contribution in [0.2, 0.25) is 0 Å². The van der Waals surface area contributed by atoms with Crippen molar-refractivity contribution in [3.05, 3.63) is 92.7 Å². The quantitative estimate of drug-likeness (QED) is 0.115. The third kappa shape index (κ3) is 9.40. The molecule has 0 aliphatic carbocycles. The summed E-state index contributed by atoms with van der Waals surface area (Å²) >= 11 is 0.370. The van der Waals surface area contributed by atoms with Crippen LogP contribution in [0.15, 0.2) is 54.2 Å². The molecule has 2 N–H and O–H groups in total. The molecule has 5 rings (SSSR count). The molecule has 3 atom stereocenters. The Morgan fingerprint density at radius 3 is 2.46 bits per heavy atom. The fraction of sp³-hybridized carbons (Fsp3) is 0.500. The molecule has 0 spiro atoms. The van der Waals surface area contributed by atoms with Crippen LogP contribution in [0.3, 0.4) is 0 Å². The van der Waals surface area contributed by atoms with Crippen molar-refractivity contribution in [3.8, 4) is 11.5 Å². The summed E-state index contributed by atoms with van der Waals surface area (Å²) in [5, 5.41) is 20.4. The first-order valence-electron chi connectivity index (χ1n) is 18.7. The highest BCUT2D eigenvalue weighted by atomic mass is 32.1. The van der Waals surface area contributed by atoms with E-state index >= 15 is 0 Å². The average Bonchev–Trinajstić information content (AvgIpc) is 3.79. The minimum Gasteiger partial charge on any atom is -0.493 e. The lowest BCUT2D eigenvalue weighted by molar-refractivity contribution is -0.158. The Hall–Kier alpha value is -4.64. The maximum atomic E-state index is 14.9. The summed E-state index contributed by atoms with van der Waals surface area (Å²) in [5.74, 6) is -1.55. The number of carbonyl (C=O) groups excluding carboxylic acids is 2. The summed E-state index contributed by atoms with van der Waals surface area (Å²) in [7, 11) is 1.46. The predicted molar refractivity (Wildman–Crippen MR) is 201 cm³/mol. The molecule has 17 heteroatoms. The van der Waals surface area contributed by atoms with E-state index in [1.54, 1.807) is 38.1 Å². The number of likely N-dealkylation sites (N-methyl/N-ethyl adjacent to an activating group) is 1. The van der Waals surface area contributed by atoms with Crippen LogP contribution in [0.4, 0.5) is 26.3 Å². The second kappa shape index (κ2) is 17.5. The van der Waals surface area contributed by atoms with Crippen LogP contribution in [0, 0.1) is 13.8 Å². The Balaban J connectivity index is 1.46.